The molecule has 0 aliphatic rings. The SMILES string of the molecule is Nc1cccc(-c2cccc(Br)c2F)c1. The molecule has 2 N–H and O–H groups in total. The maximum atomic E-state index is 13.7. The molecule has 1 nitrogen and oxygen atoms in total. The van der Waals surface area contributed by atoms with Crippen LogP contribution >= 0.6 is 15.9 Å². The molecule has 2 aromatic rings. The molecule has 0 aliphatic carbocycles. The van der Waals surface area contributed by atoms with Crippen LogP contribution in [0.15, 0.2) is 46.9 Å². The fraction of sp³-hybridized carbons (Fsp3) is 0. The molecule has 0 radical (unpaired) electrons. The van der Waals surface area contributed by atoms with Crippen LogP contribution in [-0.4, -0.2) is 0 Å². The van der Waals surface area contributed by atoms with Crippen molar-refractivity contribution in [3.63, 3.8) is 0 Å². The van der Waals surface area contributed by atoms with Gasteiger partial charge in [0.1, 0.15) is 5.82 Å². The van der Waals surface area contributed by atoms with E-state index < -0.39 is 0 Å². The molecule has 3 heteroatoms. The Bertz CT molecular complexity index is 497. The molecule has 2 rings (SSSR count). The molecular weight excluding hydrogens is 257 g/mol. The number of benzene rings is 2. The zero-order chi connectivity index (χ0) is 10.8. The van der Waals surface area contributed by atoms with Crippen molar-refractivity contribution in [2.24, 2.45) is 0 Å². The summed E-state index contributed by atoms with van der Waals surface area (Å²) in [4.78, 5) is 0. The lowest BCUT2D eigenvalue weighted by atomic mass is 10.0. The van der Waals surface area contributed by atoms with Gasteiger partial charge in [0.2, 0.25) is 0 Å². The topological polar surface area (TPSA) is 26.0 Å². The van der Waals surface area contributed by atoms with Gasteiger partial charge in [0.25, 0.3) is 0 Å². The maximum Gasteiger partial charge on any atom is 0.145 e. The average Bonchev–Trinajstić information content (AvgIpc) is 2.22. The van der Waals surface area contributed by atoms with Crippen LogP contribution in [0.2, 0.25) is 0 Å². The molecule has 2 aromatic carbocycles. The van der Waals surface area contributed by atoms with E-state index in [-0.39, 0.29) is 5.82 Å². The van der Waals surface area contributed by atoms with Crippen molar-refractivity contribution < 1.29 is 4.39 Å². The van der Waals surface area contributed by atoms with E-state index in [1.807, 2.05) is 12.1 Å². The number of anilines is 1. The highest BCUT2D eigenvalue weighted by molar-refractivity contribution is 9.10. The highest BCUT2D eigenvalue weighted by Gasteiger charge is 2.07. The monoisotopic (exact) mass is 265 g/mol. The fourth-order valence-electron chi connectivity index (χ4n) is 1.43. The standard InChI is InChI=1S/C12H9BrFN/c13-11-6-2-5-10(12(11)14)8-3-1-4-9(15)7-8/h1-7H,15H2. The van der Waals surface area contributed by atoms with E-state index in [2.05, 4.69) is 15.9 Å². The first-order chi connectivity index (χ1) is 7.18. The van der Waals surface area contributed by atoms with Gasteiger partial charge in [0, 0.05) is 11.3 Å². The number of rotatable bonds is 1. The Morgan fingerprint density at radius 2 is 1.80 bits per heavy atom. The Balaban J connectivity index is 2.59. The second-order valence-corrected chi connectivity index (χ2v) is 4.08. The minimum atomic E-state index is -0.261. The van der Waals surface area contributed by atoms with Gasteiger partial charge in [-0.05, 0) is 39.7 Å². The minimum Gasteiger partial charge on any atom is -0.399 e. The summed E-state index contributed by atoms with van der Waals surface area (Å²) in [6.45, 7) is 0. The molecule has 0 aliphatic heterocycles. The summed E-state index contributed by atoms with van der Waals surface area (Å²) in [7, 11) is 0. The van der Waals surface area contributed by atoms with Crippen molar-refractivity contribution in [1.82, 2.24) is 0 Å². The van der Waals surface area contributed by atoms with Crippen molar-refractivity contribution in [2.45, 2.75) is 0 Å². The quantitative estimate of drug-likeness (QED) is 0.780. The molecule has 76 valence electrons. The van der Waals surface area contributed by atoms with Crippen molar-refractivity contribution in [3.8, 4) is 11.1 Å². The first-order valence-electron chi connectivity index (χ1n) is 4.48. The number of hydrogen-bond donors (Lipinski definition) is 1. The van der Waals surface area contributed by atoms with Crippen LogP contribution in [-0.2, 0) is 0 Å². The largest absolute Gasteiger partial charge is 0.399 e. The second kappa shape index (κ2) is 4.03. The molecule has 15 heavy (non-hydrogen) atoms. The lowest BCUT2D eigenvalue weighted by Gasteiger charge is -2.05. The van der Waals surface area contributed by atoms with E-state index in [9.17, 15) is 4.39 Å². The molecule has 0 atom stereocenters. The lowest BCUT2D eigenvalue weighted by Crippen LogP contribution is -1.88. The first-order valence-corrected chi connectivity index (χ1v) is 5.28. The van der Waals surface area contributed by atoms with E-state index in [1.165, 1.54) is 0 Å². The predicted octanol–water partition coefficient (Wildman–Crippen LogP) is 3.84. The molecule has 0 bridgehead atoms. The second-order valence-electron chi connectivity index (χ2n) is 3.23. The van der Waals surface area contributed by atoms with E-state index in [0.717, 1.165) is 5.56 Å². The summed E-state index contributed by atoms with van der Waals surface area (Å²) in [5, 5.41) is 0. The van der Waals surface area contributed by atoms with Gasteiger partial charge in [-0.25, -0.2) is 4.39 Å². The maximum absolute atomic E-state index is 13.7. The number of hydrogen-bond acceptors (Lipinski definition) is 1. The Labute approximate surface area is 95.9 Å². The third kappa shape index (κ3) is 2.02. The molecule has 0 saturated carbocycles. The van der Waals surface area contributed by atoms with E-state index in [1.54, 1.807) is 30.3 Å². The van der Waals surface area contributed by atoms with Crippen LogP contribution in [0.4, 0.5) is 10.1 Å². The highest BCUT2D eigenvalue weighted by Crippen LogP contribution is 2.28. The number of nitrogen functional groups attached to an aromatic ring is 1. The molecule has 0 unspecified atom stereocenters. The third-order valence-corrected chi connectivity index (χ3v) is 2.76. The van der Waals surface area contributed by atoms with Gasteiger partial charge in [-0.1, -0.05) is 24.3 Å². The van der Waals surface area contributed by atoms with Crippen molar-refractivity contribution in [1.29, 1.82) is 0 Å². The predicted molar refractivity (Wildman–Crippen MR) is 63.9 cm³/mol. The summed E-state index contributed by atoms with van der Waals surface area (Å²) < 4.78 is 14.2. The summed E-state index contributed by atoms with van der Waals surface area (Å²) in [5.74, 6) is -0.261. The molecule has 0 saturated heterocycles. The van der Waals surface area contributed by atoms with Gasteiger partial charge in [-0.3, -0.25) is 0 Å². The Hall–Kier alpha value is -1.35. The van der Waals surface area contributed by atoms with Gasteiger partial charge in [-0.2, -0.15) is 0 Å². The number of nitrogens with two attached hydrogens (primary N) is 1. The van der Waals surface area contributed by atoms with Crippen molar-refractivity contribution in [3.05, 3.63) is 52.8 Å². The fourth-order valence-corrected chi connectivity index (χ4v) is 1.80. The van der Waals surface area contributed by atoms with Gasteiger partial charge < -0.3 is 5.73 Å². The minimum absolute atomic E-state index is 0.261. The van der Waals surface area contributed by atoms with Gasteiger partial charge in [-0.15, -0.1) is 0 Å². The van der Waals surface area contributed by atoms with Crippen LogP contribution in [0.1, 0.15) is 0 Å². The van der Waals surface area contributed by atoms with Gasteiger partial charge in [0.05, 0.1) is 4.47 Å². The summed E-state index contributed by atoms with van der Waals surface area (Å²) in [5.41, 5.74) is 7.62. The van der Waals surface area contributed by atoms with Crippen molar-refractivity contribution >= 4 is 21.6 Å². The third-order valence-electron chi connectivity index (χ3n) is 2.15. The van der Waals surface area contributed by atoms with E-state index >= 15 is 0 Å². The number of halogens is 2. The van der Waals surface area contributed by atoms with E-state index in [0.29, 0.717) is 15.7 Å². The van der Waals surface area contributed by atoms with Crippen molar-refractivity contribution in [2.75, 3.05) is 5.73 Å². The zero-order valence-corrected chi connectivity index (χ0v) is 9.46. The smallest absolute Gasteiger partial charge is 0.145 e. The molecule has 0 spiro atoms. The molecule has 0 fully saturated rings. The lowest BCUT2D eigenvalue weighted by molar-refractivity contribution is 0.625. The first kappa shape index (κ1) is 10.2. The molecule has 0 aromatic heterocycles. The van der Waals surface area contributed by atoms with Crippen LogP contribution in [0.5, 0.6) is 0 Å². The normalized spacial score (nSPS) is 10.3. The summed E-state index contributed by atoms with van der Waals surface area (Å²) >= 11 is 3.16. The van der Waals surface area contributed by atoms with E-state index in [4.69, 9.17) is 5.73 Å². The van der Waals surface area contributed by atoms with Crippen LogP contribution < -0.4 is 5.73 Å². The summed E-state index contributed by atoms with van der Waals surface area (Å²) in [6.07, 6.45) is 0. The molecule has 0 heterocycles. The van der Waals surface area contributed by atoms with Crippen LogP contribution in [0.25, 0.3) is 11.1 Å². The Kier molecular flexibility index (Phi) is 2.73. The highest BCUT2D eigenvalue weighted by atomic mass is 79.9. The summed E-state index contributed by atoms with van der Waals surface area (Å²) in [6, 6.07) is 12.4. The molecular formula is C12H9BrFN. The van der Waals surface area contributed by atoms with Crippen LogP contribution in [0, 0.1) is 5.82 Å². The Morgan fingerprint density at radius 3 is 2.53 bits per heavy atom. The van der Waals surface area contributed by atoms with Gasteiger partial charge >= 0.3 is 0 Å². The average molecular weight is 266 g/mol. The van der Waals surface area contributed by atoms with Crippen LogP contribution in [0.3, 0.4) is 0 Å². The zero-order valence-electron chi connectivity index (χ0n) is 7.87. The Morgan fingerprint density at radius 1 is 1.07 bits per heavy atom. The van der Waals surface area contributed by atoms with Gasteiger partial charge in [0.15, 0.2) is 0 Å². The molecule has 0 amide bonds.